The van der Waals surface area contributed by atoms with Gasteiger partial charge >= 0.3 is 0 Å². The summed E-state index contributed by atoms with van der Waals surface area (Å²) in [5, 5.41) is 13.7. The van der Waals surface area contributed by atoms with E-state index in [-0.39, 0.29) is 0 Å². The summed E-state index contributed by atoms with van der Waals surface area (Å²) in [5.41, 5.74) is 6.83. The molecule has 0 aliphatic rings. The van der Waals surface area contributed by atoms with Crippen molar-refractivity contribution in [2.75, 3.05) is 12.5 Å². The van der Waals surface area contributed by atoms with Crippen LogP contribution in [-0.2, 0) is 0 Å². The third-order valence-corrected chi connectivity index (χ3v) is 5.12. The molecule has 144 valence electrons. The number of aromatic nitrogens is 1. The van der Waals surface area contributed by atoms with Gasteiger partial charge in [0, 0.05) is 5.56 Å². The number of ether oxygens (including phenoxy) is 1. The number of thiazole rings is 1. The second-order valence-corrected chi connectivity index (χ2v) is 7.32. The van der Waals surface area contributed by atoms with Crippen molar-refractivity contribution in [3.8, 4) is 5.75 Å². The van der Waals surface area contributed by atoms with Gasteiger partial charge in [0.1, 0.15) is 5.75 Å². The minimum Gasteiger partial charge on any atom is -0.497 e. The summed E-state index contributed by atoms with van der Waals surface area (Å²) >= 11 is 1.49. The molecule has 3 aromatic carbocycles. The Bertz CT molecular complexity index is 1130. The highest BCUT2D eigenvalue weighted by molar-refractivity contribution is 7.21. The van der Waals surface area contributed by atoms with Crippen LogP contribution in [0, 0.1) is 6.92 Å². The summed E-state index contributed by atoms with van der Waals surface area (Å²) in [4.78, 5) is 4.50. The van der Waals surface area contributed by atoms with Gasteiger partial charge < -0.3 is 4.74 Å². The fourth-order valence-corrected chi connectivity index (χ4v) is 3.41. The highest BCUT2D eigenvalue weighted by Crippen LogP contribution is 2.28. The van der Waals surface area contributed by atoms with Crippen LogP contribution in [0.25, 0.3) is 10.2 Å². The second kappa shape index (κ2) is 8.62. The molecule has 0 unspecified atom stereocenters. The van der Waals surface area contributed by atoms with Crippen molar-refractivity contribution in [2.45, 2.75) is 6.92 Å². The predicted molar refractivity (Wildman–Crippen MR) is 118 cm³/mol. The quantitative estimate of drug-likeness (QED) is 0.188. The molecule has 0 saturated heterocycles. The molecule has 0 bridgehead atoms. The molecule has 7 heteroatoms. The fourth-order valence-electron chi connectivity index (χ4n) is 2.62. The van der Waals surface area contributed by atoms with E-state index in [0.717, 1.165) is 27.2 Å². The zero-order chi connectivity index (χ0) is 20.1. The topological polar surface area (TPSA) is 71.2 Å². The van der Waals surface area contributed by atoms with E-state index in [1.165, 1.54) is 16.9 Å². The van der Waals surface area contributed by atoms with Gasteiger partial charge in [-0.05, 0) is 55.5 Å². The van der Waals surface area contributed by atoms with Crippen molar-refractivity contribution in [3.05, 3.63) is 83.9 Å². The van der Waals surface area contributed by atoms with Crippen LogP contribution in [0.4, 0.5) is 10.8 Å². The largest absolute Gasteiger partial charge is 0.497 e. The van der Waals surface area contributed by atoms with E-state index >= 15 is 0 Å². The molecule has 0 spiro atoms. The van der Waals surface area contributed by atoms with Crippen molar-refractivity contribution in [1.29, 1.82) is 0 Å². The first-order valence-electron chi connectivity index (χ1n) is 9.03. The van der Waals surface area contributed by atoms with Gasteiger partial charge in [-0.1, -0.05) is 41.2 Å². The molecule has 0 aliphatic heterocycles. The predicted octanol–water partition coefficient (Wildman–Crippen LogP) is 6.17. The highest BCUT2D eigenvalue weighted by Gasteiger charge is 2.06. The van der Waals surface area contributed by atoms with E-state index < -0.39 is 0 Å². The Hall–Kier alpha value is -3.58. The molecule has 0 aliphatic carbocycles. The number of methoxy groups -OCH3 is 1. The molecule has 0 amide bonds. The molecule has 6 nitrogen and oxygen atoms in total. The zero-order valence-corrected chi connectivity index (χ0v) is 16.9. The molecule has 0 fully saturated rings. The van der Waals surface area contributed by atoms with Crippen molar-refractivity contribution in [2.24, 2.45) is 15.3 Å². The minimum atomic E-state index is 0.451. The van der Waals surface area contributed by atoms with E-state index in [1.807, 2.05) is 79.7 Å². The normalized spacial score (nSPS) is 11.9. The molecular weight excluding hydrogens is 382 g/mol. The van der Waals surface area contributed by atoms with Crippen LogP contribution in [0.5, 0.6) is 5.75 Å². The van der Waals surface area contributed by atoms with E-state index in [1.54, 1.807) is 7.11 Å². The van der Waals surface area contributed by atoms with Crippen LogP contribution in [0.15, 0.2) is 88.1 Å². The Balaban J connectivity index is 1.64. The van der Waals surface area contributed by atoms with Gasteiger partial charge in [0.25, 0.3) is 0 Å². The Labute approximate surface area is 172 Å². The van der Waals surface area contributed by atoms with Crippen molar-refractivity contribution >= 4 is 38.2 Å². The Morgan fingerprint density at radius 1 is 0.966 bits per heavy atom. The maximum absolute atomic E-state index is 5.23. The number of hydrazone groups is 1. The zero-order valence-electron chi connectivity index (χ0n) is 16.0. The smallest absolute Gasteiger partial charge is 0.231 e. The number of fused-ring (bicyclic) bond motifs is 1. The molecule has 0 radical (unpaired) electrons. The molecule has 29 heavy (non-hydrogen) atoms. The van der Waals surface area contributed by atoms with Gasteiger partial charge in [0.15, 0.2) is 0 Å². The van der Waals surface area contributed by atoms with E-state index in [4.69, 9.17) is 4.74 Å². The molecule has 1 heterocycles. The number of rotatable bonds is 5. The number of para-hydroxylation sites is 1. The summed E-state index contributed by atoms with van der Waals surface area (Å²) < 4.78 is 6.31. The average Bonchev–Trinajstić information content (AvgIpc) is 3.18. The van der Waals surface area contributed by atoms with Crippen LogP contribution in [0.1, 0.15) is 11.1 Å². The van der Waals surface area contributed by atoms with Crippen LogP contribution < -0.4 is 10.2 Å². The van der Waals surface area contributed by atoms with Crippen LogP contribution in [0.2, 0.25) is 0 Å². The number of hydrogen-bond acceptors (Lipinski definition) is 6. The molecule has 4 aromatic rings. The molecule has 4 rings (SSSR count). The SMILES string of the molecule is COc1ccc(/C(N=Nc2nc3ccccc3s2)=N/Nc2ccc(C)cc2)cc1. The number of benzene rings is 3. The van der Waals surface area contributed by atoms with Gasteiger partial charge in [-0.15, -0.1) is 10.2 Å². The van der Waals surface area contributed by atoms with E-state index in [9.17, 15) is 0 Å². The van der Waals surface area contributed by atoms with Crippen molar-refractivity contribution in [1.82, 2.24) is 4.98 Å². The van der Waals surface area contributed by atoms with Gasteiger partial charge in [-0.25, -0.2) is 4.98 Å². The third kappa shape index (κ3) is 4.64. The maximum Gasteiger partial charge on any atom is 0.231 e. The first-order chi connectivity index (χ1) is 14.2. The van der Waals surface area contributed by atoms with Gasteiger partial charge in [-0.2, -0.15) is 5.10 Å². The lowest BCUT2D eigenvalue weighted by molar-refractivity contribution is 0.415. The lowest BCUT2D eigenvalue weighted by Gasteiger charge is -2.05. The number of hydrogen-bond donors (Lipinski definition) is 1. The molecule has 0 atom stereocenters. The summed E-state index contributed by atoms with van der Waals surface area (Å²) in [5.74, 6) is 1.22. The lowest BCUT2D eigenvalue weighted by Crippen LogP contribution is -2.01. The van der Waals surface area contributed by atoms with Crippen LogP contribution >= 0.6 is 11.3 Å². The van der Waals surface area contributed by atoms with Crippen molar-refractivity contribution < 1.29 is 4.74 Å². The van der Waals surface area contributed by atoms with E-state index in [0.29, 0.717) is 11.0 Å². The Morgan fingerprint density at radius 3 is 2.45 bits per heavy atom. The molecule has 1 aromatic heterocycles. The maximum atomic E-state index is 5.23. The molecule has 0 saturated carbocycles. The van der Waals surface area contributed by atoms with Crippen molar-refractivity contribution in [3.63, 3.8) is 0 Å². The molecule has 1 N–H and O–H groups in total. The van der Waals surface area contributed by atoms with Gasteiger partial charge in [-0.3, -0.25) is 5.43 Å². The number of azo groups is 1. The highest BCUT2D eigenvalue weighted by atomic mass is 32.1. The Kier molecular flexibility index (Phi) is 5.58. The minimum absolute atomic E-state index is 0.451. The summed E-state index contributed by atoms with van der Waals surface area (Å²) in [6.07, 6.45) is 0. The van der Waals surface area contributed by atoms with Gasteiger partial charge in [0.2, 0.25) is 11.0 Å². The average molecular weight is 401 g/mol. The number of nitrogens with one attached hydrogen (secondary N) is 1. The first-order valence-corrected chi connectivity index (χ1v) is 9.85. The Morgan fingerprint density at radius 2 is 1.72 bits per heavy atom. The number of amidine groups is 1. The number of anilines is 1. The van der Waals surface area contributed by atoms with Gasteiger partial charge in [0.05, 0.1) is 23.0 Å². The first kappa shape index (κ1) is 18.8. The monoisotopic (exact) mass is 401 g/mol. The van der Waals surface area contributed by atoms with Crippen LogP contribution in [0.3, 0.4) is 0 Å². The summed E-state index contributed by atoms with van der Waals surface area (Å²) in [6, 6.07) is 23.4. The standard InChI is InChI=1S/C22H19N5OS/c1-15-7-11-17(12-8-15)24-25-21(16-9-13-18(28-2)14-10-16)26-27-22-23-19-5-3-4-6-20(19)29-22/h3-14,24H,1-2H3/b25-21-,27-26?. The van der Waals surface area contributed by atoms with Crippen LogP contribution in [-0.4, -0.2) is 17.9 Å². The van der Waals surface area contributed by atoms with E-state index in [2.05, 4.69) is 25.7 Å². The fraction of sp³-hybridized carbons (Fsp3) is 0.0909. The second-order valence-electron chi connectivity index (χ2n) is 6.31. The number of aryl methyl sites for hydroxylation is 1. The number of nitrogens with zero attached hydrogens (tertiary/aromatic N) is 4. The molecular formula is C22H19N5OS. The third-order valence-electron chi connectivity index (χ3n) is 4.20. The summed E-state index contributed by atoms with van der Waals surface area (Å²) in [7, 11) is 1.63. The summed E-state index contributed by atoms with van der Waals surface area (Å²) in [6.45, 7) is 2.04. The lowest BCUT2D eigenvalue weighted by atomic mass is 10.2.